The van der Waals surface area contributed by atoms with Crippen LogP contribution in [0, 0.1) is 0 Å². The number of rotatable bonds is 6. The average Bonchev–Trinajstić information content (AvgIpc) is 2.30. The number of aromatic nitrogens is 1. The Kier molecular flexibility index (Phi) is 4.86. The summed E-state index contributed by atoms with van der Waals surface area (Å²) in [5.74, 6) is 0.280. The van der Waals surface area contributed by atoms with E-state index in [1.807, 2.05) is 0 Å². The van der Waals surface area contributed by atoms with E-state index in [0.717, 1.165) is 0 Å². The van der Waals surface area contributed by atoms with Gasteiger partial charge >= 0.3 is 0 Å². The molecule has 0 aromatic carbocycles. The lowest BCUT2D eigenvalue weighted by Gasteiger charge is -2.19. The number of aliphatic hydroxyl groups is 1. The van der Waals surface area contributed by atoms with Crippen molar-refractivity contribution in [3.8, 4) is 0 Å². The standard InChI is InChI=1S/C10H17N3O3S/c1-2-13(6-3-7-14)17(15,16)9-4-5-10(11)12-8-9/h4-5,8,14H,2-3,6-7H2,1H3,(H2,11,12). The SMILES string of the molecule is CCN(CCCO)S(=O)(=O)c1ccc(N)nc1. The zero-order chi connectivity index (χ0) is 12.9. The van der Waals surface area contributed by atoms with Gasteiger partial charge in [-0.1, -0.05) is 6.92 Å². The molecule has 0 saturated carbocycles. The molecule has 1 aromatic heterocycles. The second-order valence-electron chi connectivity index (χ2n) is 3.49. The minimum Gasteiger partial charge on any atom is -0.396 e. The average molecular weight is 259 g/mol. The van der Waals surface area contributed by atoms with Crippen LogP contribution in [0.15, 0.2) is 23.2 Å². The molecule has 0 amide bonds. The molecule has 3 N–H and O–H groups in total. The van der Waals surface area contributed by atoms with Crippen LogP contribution in [0.2, 0.25) is 0 Å². The van der Waals surface area contributed by atoms with Crippen LogP contribution in [0.4, 0.5) is 5.82 Å². The van der Waals surface area contributed by atoms with Gasteiger partial charge in [-0.3, -0.25) is 0 Å². The number of pyridine rings is 1. The molecule has 1 heterocycles. The van der Waals surface area contributed by atoms with Crippen molar-refractivity contribution in [1.82, 2.24) is 9.29 Å². The second-order valence-corrected chi connectivity index (χ2v) is 5.43. The van der Waals surface area contributed by atoms with E-state index in [1.54, 1.807) is 6.92 Å². The second kappa shape index (κ2) is 5.95. The third-order valence-electron chi connectivity index (χ3n) is 2.32. The zero-order valence-electron chi connectivity index (χ0n) is 9.70. The maximum absolute atomic E-state index is 12.1. The van der Waals surface area contributed by atoms with Crippen molar-refractivity contribution < 1.29 is 13.5 Å². The summed E-state index contributed by atoms with van der Waals surface area (Å²) in [6.45, 7) is 2.36. The Balaban J connectivity index is 2.95. The topological polar surface area (TPSA) is 96.5 Å². The minimum absolute atomic E-state index is 0.0357. The summed E-state index contributed by atoms with van der Waals surface area (Å²) in [5.41, 5.74) is 5.41. The zero-order valence-corrected chi connectivity index (χ0v) is 10.5. The fraction of sp³-hybridized carbons (Fsp3) is 0.500. The van der Waals surface area contributed by atoms with E-state index in [2.05, 4.69) is 4.98 Å². The monoisotopic (exact) mass is 259 g/mol. The summed E-state index contributed by atoms with van der Waals surface area (Å²) in [7, 11) is -3.54. The highest BCUT2D eigenvalue weighted by Crippen LogP contribution is 2.15. The number of aliphatic hydroxyl groups excluding tert-OH is 1. The van der Waals surface area contributed by atoms with Crippen LogP contribution >= 0.6 is 0 Å². The lowest BCUT2D eigenvalue weighted by molar-refractivity contribution is 0.271. The molecule has 0 aliphatic rings. The van der Waals surface area contributed by atoms with E-state index in [4.69, 9.17) is 10.8 Å². The first-order valence-electron chi connectivity index (χ1n) is 5.35. The summed E-state index contributed by atoms with van der Waals surface area (Å²) in [6, 6.07) is 2.88. The van der Waals surface area contributed by atoms with Gasteiger partial charge in [-0.2, -0.15) is 4.31 Å². The molecule has 6 nitrogen and oxygen atoms in total. The molecule has 1 rings (SSSR count). The van der Waals surface area contributed by atoms with Gasteiger partial charge in [0.15, 0.2) is 0 Å². The summed E-state index contributed by atoms with van der Waals surface area (Å²) in [6.07, 6.45) is 1.65. The molecule has 96 valence electrons. The van der Waals surface area contributed by atoms with Gasteiger partial charge in [-0.05, 0) is 18.6 Å². The van der Waals surface area contributed by atoms with Crippen LogP contribution in [0.5, 0.6) is 0 Å². The predicted molar refractivity (Wildman–Crippen MR) is 64.8 cm³/mol. The Labute approximate surface area is 101 Å². The highest BCUT2D eigenvalue weighted by Gasteiger charge is 2.22. The third kappa shape index (κ3) is 3.39. The van der Waals surface area contributed by atoms with Crippen LogP contribution in [-0.2, 0) is 10.0 Å². The number of sulfonamides is 1. The van der Waals surface area contributed by atoms with Gasteiger partial charge in [0.05, 0.1) is 0 Å². The summed E-state index contributed by atoms with van der Waals surface area (Å²) < 4.78 is 25.6. The van der Waals surface area contributed by atoms with Crippen molar-refractivity contribution in [3.05, 3.63) is 18.3 Å². The first-order chi connectivity index (χ1) is 8.02. The Morgan fingerprint density at radius 1 is 1.47 bits per heavy atom. The lowest BCUT2D eigenvalue weighted by atomic mass is 10.4. The molecule has 0 spiro atoms. The first-order valence-corrected chi connectivity index (χ1v) is 6.79. The maximum Gasteiger partial charge on any atom is 0.244 e. The fourth-order valence-electron chi connectivity index (χ4n) is 1.39. The number of anilines is 1. The lowest BCUT2D eigenvalue weighted by Crippen LogP contribution is -2.32. The largest absolute Gasteiger partial charge is 0.396 e. The minimum atomic E-state index is -3.54. The Morgan fingerprint density at radius 3 is 2.65 bits per heavy atom. The normalized spacial score (nSPS) is 11.9. The highest BCUT2D eigenvalue weighted by molar-refractivity contribution is 7.89. The van der Waals surface area contributed by atoms with Gasteiger partial charge < -0.3 is 10.8 Å². The predicted octanol–water partition coefficient (Wildman–Crippen LogP) is 0.0568. The number of hydrogen-bond donors (Lipinski definition) is 2. The van der Waals surface area contributed by atoms with E-state index in [1.165, 1.54) is 22.6 Å². The molecule has 0 bridgehead atoms. The van der Waals surface area contributed by atoms with E-state index < -0.39 is 10.0 Å². The van der Waals surface area contributed by atoms with E-state index in [9.17, 15) is 8.42 Å². The molecule has 1 aromatic rings. The van der Waals surface area contributed by atoms with Crippen LogP contribution in [0.1, 0.15) is 13.3 Å². The van der Waals surface area contributed by atoms with Gasteiger partial charge in [0, 0.05) is 25.9 Å². The van der Waals surface area contributed by atoms with Gasteiger partial charge in [-0.15, -0.1) is 0 Å². The Morgan fingerprint density at radius 2 is 2.18 bits per heavy atom. The maximum atomic E-state index is 12.1. The van der Waals surface area contributed by atoms with Gasteiger partial charge in [-0.25, -0.2) is 13.4 Å². The number of nitrogens with two attached hydrogens (primary N) is 1. The van der Waals surface area contributed by atoms with Crippen LogP contribution < -0.4 is 5.73 Å². The molecule has 0 unspecified atom stereocenters. The van der Waals surface area contributed by atoms with Crippen molar-refractivity contribution in [1.29, 1.82) is 0 Å². The summed E-state index contributed by atoms with van der Waals surface area (Å²) in [5, 5.41) is 8.73. The molecule has 0 radical (unpaired) electrons. The third-order valence-corrected chi connectivity index (χ3v) is 4.27. The molecule has 0 aliphatic carbocycles. The van der Waals surface area contributed by atoms with Crippen molar-refractivity contribution >= 4 is 15.8 Å². The van der Waals surface area contributed by atoms with Crippen molar-refractivity contribution in [2.24, 2.45) is 0 Å². The molecule has 7 heteroatoms. The summed E-state index contributed by atoms with van der Waals surface area (Å²) >= 11 is 0. The quantitative estimate of drug-likeness (QED) is 0.753. The van der Waals surface area contributed by atoms with E-state index in [-0.39, 0.29) is 17.3 Å². The van der Waals surface area contributed by atoms with Gasteiger partial charge in [0.1, 0.15) is 10.7 Å². The number of nitrogen functional groups attached to an aromatic ring is 1. The molecule has 0 saturated heterocycles. The highest BCUT2D eigenvalue weighted by atomic mass is 32.2. The summed E-state index contributed by atoms with van der Waals surface area (Å²) in [4.78, 5) is 3.88. The molecular weight excluding hydrogens is 242 g/mol. The fourth-order valence-corrected chi connectivity index (χ4v) is 2.82. The molecular formula is C10H17N3O3S. The van der Waals surface area contributed by atoms with Crippen LogP contribution in [0.3, 0.4) is 0 Å². The smallest absolute Gasteiger partial charge is 0.244 e. The van der Waals surface area contributed by atoms with Gasteiger partial charge in [0.2, 0.25) is 10.0 Å². The van der Waals surface area contributed by atoms with Crippen LogP contribution in [0.25, 0.3) is 0 Å². The van der Waals surface area contributed by atoms with E-state index in [0.29, 0.717) is 19.5 Å². The Hall–Kier alpha value is -1.18. The van der Waals surface area contributed by atoms with E-state index >= 15 is 0 Å². The Bertz CT molecular complexity index is 444. The van der Waals surface area contributed by atoms with Crippen molar-refractivity contribution in [3.63, 3.8) is 0 Å². The molecule has 0 aliphatic heterocycles. The number of hydrogen-bond acceptors (Lipinski definition) is 5. The van der Waals surface area contributed by atoms with Crippen molar-refractivity contribution in [2.45, 2.75) is 18.2 Å². The number of nitrogens with zero attached hydrogens (tertiary/aromatic N) is 2. The molecule has 0 atom stereocenters. The van der Waals surface area contributed by atoms with Crippen LogP contribution in [-0.4, -0.2) is 42.5 Å². The molecule has 0 fully saturated rings. The van der Waals surface area contributed by atoms with Crippen molar-refractivity contribution in [2.75, 3.05) is 25.4 Å². The molecule has 17 heavy (non-hydrogen) atoms. The van der Waals surface area contributed by atoms with Gasteiger partial charge in [0.25, 0.3) is 0 Å². The first kappa shape index (κ1) is 13.9.